The molecule has 5 nitrogen and oxygen atoms in total. The van der Waals surface area contributed by atoms with E-state index in [1.807, 2.05) is 0 Å². The molecule has 0 saturated heterocycles. The molecular formula is C10H20BrNO4. The summed E-state index contributed by atoms with van der Waals surface area (Å²) in [6.07, 6.45) is 0. The van der Waals surface area contributed by atoms with E-state index in [4.69, 9.17) is 14.2 Å². The van der Waals surface area contributed by atoms with Crippen molar-refractivity contribution in [1.29, 1.82) is 0 Å². The molecule has 0 aromatic heterocycles. The molecule has 1 N–H and O–H groups in total. The molecule has 16 heavy (non-hydrogen) atoms. The molecule has 1 amide bonds. The van der Waals surface area contributed by atoms with E-state index in [0.717, 1.165) is 5.33 Å². The first kappa shape index (κ1) is 15.8. The highest BCUT2D eigenvalue weighted by atomic mass is 79.9. The lowest BCUT2D eigenvalue weighted by atomic mass is 10.6. The van der Waals surface area contributed by atoms with E-state index in [0.29, 0.717) is 46.2 Å². The fourth-order valence-electron chi connectivity index (χ4n) is 0.896. The van der Waals surface area contributed by atoms with Gasteiger partial charge in [0.2, 0.25) is 5.91 Å². The van der Waals surface area contributed by atoms with E-state index < -0.39 is 0 Å². The molecule has 0 radical (unpaired) electrons. The highest BCUT2D eigenvalue weighted by Gasteiger charge is 1.92. The van der Waals surface area contributed by atoms with E-state index in [1.165, 1.54) is 6.92 Å². The summed E-state index contributed by atoms with van der Waals surface area (Å²) in [4.78, 5) is 10.5. The molecular weight excluding hydrogens is 278 g/mol. The molecule has 0 bridgehead atoms. The summed E-state index contributed by atoms with van der Waals surface area (Å²) >= 11 is 3.26. The molecule has 6 heteroatoms. The summed E-state index contributed by atoms with van der Waals surface area (Å²) in [7, 11) is 0. The van der Waals surface area contributed by atoms with Crippen molar-refractivity contribution in [3.63, 3.8) is 0 Å². The zero-order chi connectivity index (χ0) is 12.1. The lowest BCUT2D eigenvalue weighted by Crippen LogP contribution is -2.25. The summed E-state index contributed by atoms with van der Waals surface area (Å²) in [6.45, 7) is 5.54. The first-order valence-corrected chi connectivity index (χ1v) is 6.43. The quantitative estimate of drug-likeness (QED) is 0.447. The Kier molecular flexibility index (Phi) is 12.8. The molecule has 0 unspecified atom stereocenters. The number of hydrogen-bond donors (Lipinski definition) is 1. The van der Waals surface area contributed by atoms with E-state index >= 15 is 0 Å². The first-order valence-electron chi connectivity index (χ1n) is 5.31. The molecule has 0 rings (SSSR count). The van der Waals surface area contributed by atoms with Crippen molar-refractivity contribution in [3.8, 4) is 0 Å². The minimum absolute atomic E-state index is 0.0382. The van der Waals surface area contributed by atoms with Gasteiger partial charge in [-0.2, -0.15) is 0 Å². The van der Waals surface area contributed by atoms with Crippen LogP contribution in [0.5, 0.6) is 0 Å². The third-order valence-corrected chi connectivity index (χ3v) is 1.91. The Balaban J connectivity index is 2.90. The molecule has 0 atom stereocenters. The average molecular weight is 298 g/mol. The number of hydrogen-bond acceptors (Lipinski definition) is 4. The highest BCUT2D eigenvalue weighted by molar-refractivity contribution is 9.09. The second-order valence-electron chi connectivity index (χ2n) is 3.01. The number of nitrogens with one attached hydrogen (secondary N) is 1. The number of ether oxygens (including phenoxy) is 3. The Hall–Kier alpha value is -0.170. The van der Waals surface area contributed by atoms with Gasteiger partial charge in [-0.1, -0.05) is 15.9 Å². The van der Waals surface area contributed by atoms with E-state index in [1.54, 1.807) is 0 Å². The van der Waals surface area contributed by atoms with E-state index in [2.05, 4.69) is 21.2 Å². The molecule has 0 aromatic rings. The van der Waals surface area contributed by atoms with Gasteiger partial charge in [0, 0.05) is 18.8 Å². The second-order valence-corrected chi connectivity index (χ2v) is 3.80. The molecule has 0 saturated carbocycles. The van der Waals surface area contributed by atoms with Crippen LogP contribution >= 0.6 is 15.9 Å². The maximum atomic E-state index is 10.5. The topological polar surface area (TPSA) is 56.8 Å². The Labute approximate surface area is 105 Å². The van der Waals surface area contributed by atoms with Crippen LogP contribution in [0.4, 0.5) is 0 Å². The number of carbonyl (C=O) groups excluding carboxylic acids is 1. The normalized spacial score (nSPS) is 10.4. The lowest BCUT2D eigenvalue weighted by Gasteiger charge is -2.06. The van der Waals surface area contributed by atoms with Gasteiger partial charge < -0.3 is 19.5 Å². The van der Waals surface area contributed by atoms with Gasteiger partial charge in [-0.05, 0) is 0 Å². The lowest BCUT2D eigenvalue weighted by molar-refractivity contribution is -0.119. The molecule has 0 fully saturated rings. The smallest absolute Gasteiger partial charge is 0.216 e. The molecule has 0 aliphatic heterocycles. The predicted octanol–water partition coefficient (Wildman–Crippen LogP) is 0.567. The largest absolute Gasteiger partial charge is 0.378 e. The molecule has 96 valence electrons. The third-order valence-electron chi connectivity index (χ3n) is 1.59. The number of amides is 1. The van der Waals surface area contributed by atoms with E-state index in [-0.39, 0.29) is 5.91 Å². The average Bonchev–Trinajstić information content (AvgIpc) is 2.25. The summed E-state index contributed by atoms with van der Waals surface area (Å²) < 4.78 is 15.7. The van der Waals surface area contributed by atoms with Crippen LogP contribution in [0.1, 0.15) is 6.92 Å². The second kappa shape index (κ2) is 12.9. The highest BCUT2D eigenvalue weighted by Crippen LogP contribution is 1.83. The number of halogens is 1. The summed E-state index contributed by atoms with van der Waals surface area (Å²) in [5.41, 5.74) is 0. The minimum atomic E-state index is -0.0382. The van der Waals surface area contributed by atoms with Crippen LogP contribution in [-0.4, -0.2) is 57.4 Å². The Bertz CT molecular complexity index is 169. The van der Waals surface area contributed by atoms with E-state index in [9.17, 15) is 4.79 Å². The first-order chi connectivity index (χ1) is 7.77. The van der Waals surface area contributed by atoms with Gasteiger partial charge in [0.1, 0.15) is 0 Å². The van der Waals surface area contributed by atoms with Gasteiger partial charge in [0.05, 0.1) is 39.6 Å². The van der Waals surface area contributed by atoms with Crippen LogP contribution in [0.15, 0.2) is 0 Å². The zero-order valence-electron chi connectivity index (χ0n) is 9.67. The molecule has 0 aromatic carbocycles. The van der Waals surface area contributed by atoms with Gasteiger partial charge in [0.15, 0.2) is 0 Å². The van der Waals surface area contributed by atoms with Crippen molar-refractivity contribution < 1.29 is 19.0 Å². The van der Waals surface area contributed by atoms with Crippen LogP contribution in [-0.2, 0) is 19.0 Å². The molecule has 0 aliphatic rings. The summed E-state index contributed by atoms with van der Waals surface area (Å²) in [5, 5.41) is 3.49. The fourth-order valence-corrected chi connectivity index (χ4v) is 1.12. The van der Waals surface area contributed by atoms with Crippen LogP contribution < -0.4 is 5.32 Å². The Morgan fingerprint density at radius 1 is 1.00 bits per heavy atom. The van der Waals surface area contributed by atoms with Crippen molar-refractivity contribution in [2.45, 2.75) is 6.92 Å². The van der Waals surface area contributed by atoms with Crippen molar-refractivity contribution in [2.24, 2.45) is 0 Å². The number of rotatable bonds is 11. The van der Waals surface area contributed by atoms with Crippen molar-refractivity contribution in [3.05, 3.63) is 0 Å². The number of alkyl halides is 1. The standard InChI is InChI=1S/C10H20BrNO4/c1-10(13)12-3-5-15-7-9-16-8-6-14-4-2-11/h2-9H2,1H3,(H,12,13). The zero-order valence-corrected chi connectivity index (χ0v) is 11.3. The monoisotopic (exact) mass is 297 g/mol. The number of carbonyl (C=O) groups is 1. The fraction of sp³-hybridized carbons (Fsp3) is 0.900. The predicted molar refractivity (Wildman–Crippen MR) is 64.9 cm³/mol. The van der Waals surface area contributed by atoms with Gasteiger partial charge in [-0.25, -0.2) is 0 Å². The molecule has 0 spiro atoms. The van der Waals surface area contributed by atoms with Crippen LogP contribution in [0.25, 0.3) is 0 Å². The Morgan fingerprint density at radius 2 is 1.50 bits per heavy atom. The van der Waals surface area contributed by atoms with Crippen LogP contribution in [0.3, 0.4) is 0 Å². The van der Waals surface area contributed by atoms with Gasteiger partial charge in [0.25, 0.3) is 0 Å². The minimum Gasteiger partial charge on any atom is -0.378 e. The van der Waals surface area contributed by atoms with Crippen LogP contribution in [0.2, 0.25) is 0 Å². The SMILES string of the molecule is CC(=O)NCCOCCOCCOCCBr. The summed E-state index contributed by atoms with van der Waals surface area (Å²) in [6, 6.07) is 0. The van der Waals surface area contributed by atoms with Crippen molar-refractivity contribution in [2.75, 3.05) is 51.5 Å². The van der Waals surface area contributed by atoms with Gasteiger partial charge in [-0.3, -0.25) is 4.79 Å². The van der Waals surface area contributed by atoms with Crippen molar-refractivity contribution >= 4 is 21.8 Å². The molecule has 0 heterocycles. The van der Waals surface area contributed by atoms with Gasteiger partial charge >= 0.3 is 0 Å². The maximum absolute atomic E-state index is 10.5. The van der Waals surface area contributed by atoms with Crippen LogP contribution in [0, 0.1) is 0 Å². The van der Waals surface area contributed by atoms with Crippen molar-refractivity contribution in [1.82, 2.24) is 5.32 Å². The molecule has 0 aliphatic carbocycles. The Morgan fingerprint density at radius 3 is 2.00 bits per heavy atom. The van der Waals surface area contributed by atoms with Gasteiger partial charge in [-0.15, -0.1) is 0 Å². The summed E-state index contributed by atoms with van der Waals surface area (Å²) in [5.74, 6) is -0.0382. The maximum Gasteiger partial charge on any atom is 0.216 e. The third kappa shape index (κ3) is 13.8.